The molecule has 1 amide bonds. The van der Waals surface area contributed by atoms with Gasteiger partial charge in [-0.05, 0) is 46.8 Å². The van der Waals surface area contributed by atoms with Crippen molar-refractivity contribution in [3.8, 4) is 0 Å². The zero-order valence-corrected chi connectivity index (χ0v) is 11.2. The molecule has 3 heteroatoms. The summed E-state index contributed by atoms with van der Waals surface area (Å²) in [5.41, 5.74) is 0.591. The highest BCUT2D eigenvalue weighted by Crippen LogP contribution is 2.06. The standard InChI is InChI=1S/C13H26N2O/c1-6-8-12(9-7-10-15(4)5)14-13(16)11(2)3/h12H,2,6-10H2,1,3-5H3,(H,14,16). The second-order valence-corrected chi connectivity index (χ2v) is 4.68. The SMILES string of the molecule is C=C(C)C(=O)NC(CCC)CCCN(C)C. The molecule has 0 heterocycles. The minimum Gasteiger partial charge on any atom is -0.350 e. The molecule has 0 rings (SSSR count). The second-order valence-electron chi connectivity index (χ2n) is 4.68. The molecule has 0 aromatic rings. The largest absolute Gasteiger partial charge is 0.350 e. The number of nitrogens with one attached hydrogen (secondary N) is 1. The first-order valence-electron chi connectivity index (χ1n) is 6.08. The summed E-state index contributed by atoms with van der Waals surface area (Å²) >= 11 is 0. The van der Waals surface area contributed by atoms with Crippen molar-refractivity contribution in [1.29, 1.82) is 0 Å². The normalized spacial score (nSPS) is 12.6. The third kappa shape index (κ3) is 7.46. The van der Waals surface area contributed by atoms with Gasteiger partial charge in [0.25, 0.3) is 0 Å². The number of carbonyl (C=O) groups is 1. The van der Waals surface area contributed by atoms with Crippen LogP contribution in [-0.2, 0) is 4.79 Å². The molecule has 0 aliphatic heterocycles. The highest BCUT2D eigenvalue weighted by Gasteiger charge is 2.11. The molecule has 1 N–H and O–H groups in total. The molecule has 94 valence electrons. The fraction of sp³-hybridized carbons (Fsp3) is 0.769. The molecule has 0 bridgehead atoms. The van der Waals surface area contributed by atoms with E-state index >= 15 is 0 Å². The van der Waals surface area contributed by atoms with Crippen LogP contribution in [0.2, 0.25) is 0 Å². The van der Waals surface area contributed by atoms with Crippen LogP contribution in [0.4, 0.5) is 0 Å². The van der Waals surface area contributed by atoms with Crippen molar-refractivity contribution in [3.05, 3.63) is 12.2 Å². The van der Waals surface area contributed by atoms with E-state index in [0.717, 1.165) is 32.2 Å². The molecular formula is C13H26N2O. The van der Waals surface area contributed by atoms with E-state index < -0.39 is 0 Å². The summed E-state index contributed by atoms with van der Waals surface area (Å²) in [5.74, 6) is -0.0108. The topological polar surface area (TPSA) is 32.3 Å². The molecule has 0 spiro atoms. The molecular weight excluding hydrogens is 200 g/mol. The van der Waals surface area contributed by atoms with Crippen molar-refractivity contribution in [2.24, 2.45) is 0 Å². The summed E-state index contributed by atoms with van der Waals surface area (Å²) in [6, 6.07) is 0.300. The molecule has 16 heavy (non-hydrogen) atoms. The van der Waals surface area contributed by atoms with Gasteiger partial charge >= 0.3 is 0 Å². The average Bonchev–Trinajstić information content (AvgIpc) is 2.17. The molecule has 0 aliphatic rings. The first kappa shape index (κ1) is 15.2. The quantitative estimate of drug-likeness (QED) is 0.643. The Morgan fingerprint density at radius 3 is 2.44 bits per heavy atom. The third-order valence-electron chi connectivity index (χ3n) is 2.52. The smallest absolute Gasteiger partial charge is 0.246 e. The van der Waals surface area contributed by atoms with E-state index in [1.807, 2.05) is 0 Å². The van der Waals surface area contributed by atoms with Crippen molar-refractivity contribution in [3.63, 3.8) is 0 Å². The van der Waals surface area contributed by atoms with Gasteiger partial charge in [-0.2, -0.15) is 0 Å². The number of nitrogens with zero attached hydrogens (tertiary/aromatic N) is 1. The highest BCUT2D eigenvalue weighted by atomic mass is 16.1. The Kier molecular flexibility index (Phi) is 7.90. The van der Waals surface area contributed by atoms with Crippen LogP contribution in [0, 0.1) is 0 Å². The fourth-order valence-electron chi connectivity index (χ4n) is 1.60. The minimum absolute atomic E-state index is 0.0108. The maximum Gasteiger partial charge on any atom is 0.246 e. The molecule has 0 fully saturated rings. The molecule has 0 aliphatic carbocycles. The molecule has 0 aromatic heterocycles. The summed E-state index contributed by atoms with van der Waals surface area (Å²) in [6.07, 6.45) is 4.31. The van der Waals surface area contributed by atoms with E-state index in [1.165, 1.54) is 0 Å². The molecule has 3 nitrogen and oxygen atoms in total. The summed E-state index contributed by atoms with van der Waals surface area (Å²) in [5, 5.41) is 3.03. The van der Waals surface area contributed by atoms with Crippen molar-refractivity contribution in [1.82, 2.24) is 10.2 Å². The number of hydrogen-bond donors (Lipinski definition) is 1. The van der Waals surface area contributed by atoms with Crippen molar-refractivity contribution >= 4 is 5.91 Å². The third-order valence-corrected chi connectivity index (χ3v) is 2.52. The number of carbonyl (C=O) groups excluding carboxylic acids is 1. The van der Waals surface area contributed by atoms with E-state index in [-0.39, 0.29) is 5.91 Å². The predicted molar refractivity (Wildman–Crippen MR) is 69.4 cm³/mol. The van der Waals surface area contributed by atoms with Crippen molar-refractivity contribution in [2.45, 2.75) is 45.6 Å². The lowest BCUT2D eigenvalue weighted by Gasteiger charge is -2.19. The van der Waals surface area contributed by atoms with Gasteiger partial charge in [-0.15, -0.1) is 0 Å². The summed E-state index contributed by atoms with van der Waals surface area (Å²) < 4.78 is 0. The first-order chi connectivity index (χ1) is 7.47. The van der Waals surface area contributed by atoms with Gasteiger partial charge in [0.2, 0.25) is 5.91 Å². The predicted octanol–water partition coefficient (Wildman–Crippen LogP) is 2.19. The maximum atomic E-state index is 11.5. The lowest BCUT2D eigenvalue weighted by atomic mass is 10.1. The zero-order chi connectivity index (χ0) is 12.6. The Morgan fingerprint density at radius 1 is 1.38 bits per heavy atom. The van der Waals surface area contributed by atoms with Crippen LogP contribution in [-0.4, -0.2) is 37.5 Å². The lowest BCUT2D eigenvalue weighted by Crippen LogP contribution is -2.35. The fourth-order valence-corrected chi connectivity index (χ4v) is 1.60. The number of hydrogen-bond acceptors (Lipinski definition) is 2. The molecule has 1 unspecified atom stereocenters. The molecule has 0 radical (unpaired) electrons. The van der Waals surface area contributed by atoms with Gasteiger partial charge in [0.1, 0.15) is 0 Å². The van der Waals surface area contributed by atoms with Gasteiger partial charge in [0.05, 0.1) is 0 Å². The van der Waals surface area contributed by atoms with Gasteiger partial charge in [-0.25, -0.2) is 0 Å². The Hall–Kier alpha value is -0.830. The summed E-state index contributed by atoms with van der Waals surface area (Å²) in [6.45, 7) is 8.62. The Bertz CT molecular complexity index is 224. The average molecular weight is 226 g/mol. The van der Waals surface area contributed by atoms with Crippen molar-refractivity contribution in [2.75, 3.05) is 20.6 Å². The Labute approximate surface area is 99.9 Å². The van der Waals surface area contributed by atoms with E-state index in [0.29, 0.717) is 11.6 Å². The van der Waals surface area contributed by atoms with E-state index in [1.54, 1.807) is 6.92 Å². The number of rotatable bonds is 8. The Balaban J connectivity index is 3.96. The molecule has 0 aromatic carbocycles. The molecule has 1 atom stereocenters. The van der Waals surface area contributed by atoms with Crippen LogP contribution in [0.15, 0.2) is 12.2 Å². The van der Waals surface area contributed by atoms with E-state index in [9.17, 15) is 4.79 Å². The van der Waals surface area contributed by atoms with Gasteiger partial charge in [-0.3, -0.25) is 4.79 Å². The van der Waals surface area contributed by atoms with Crippen LogP contribution in [0.1, 0.15) is 39.5 Å². The van der Waals surface area contributed by atoms with Crippen LogP contribution in [0.25, 0.3) is 0 Å². The van der Waals surface area contributed by atoms with E-state index in [4.69, 9.17) is 0 Å². The minimum atomic E-state index is -0.0108. The molecule has 0 saturated carbocycles. The molecule has 0 saturated heterocycles. The maximum absolute atomic E-state index is 11.5. The summed E-state index contributed by atoms with van der Waals surface area (Å²) in [7, 11) is 4.14. The van der Waals surface area contributed by atoms with Crippen LogP contribution in [0.3, 0.4) is 0 Å². The monoisotopic (exact) mass is 226 g/mol. The second kappa shape index (κ2) is 8.34. The van der Waals surface area contributed by atoms with E-state index in [2.05, 4.69) is 37.8 Å². The first-order valence-corrected chi connectivity index (χ1v) is 6.08. The van der Waals surface area contributed by atoms with Gasteiger partial charge in [-0.1, -0.05) is 19.9 Å². The van der Waals surface area contributed by atoms with Crippen LogP contribution in [0.5, 0.6) is 0 Å². The van der Waals surface area contributed by atoms with Gasteiger partial charge in [0, 0.05) is 11.6 Å². The zero-order valence-electron chi connectivity index (χ0n) is 11.2. The lowest BCUT2D eigenvalue weighted by molar-refractivity contribution is -0.118. The van der Waals surface area contributed by atoms with Crippen LogP contribution < -0.4 is 5.32 Å². The van der Waals surface area contributed by atoms with Crippen molar-refractivity contribution < 1.29 is 4.79 Å². The highest BCUT2D eigenvalue weighted by molar-refractivity contribution is 5.92. The van der Waals surface area contributed by atoms with Gasteiger partial charge < -0.3 is 10.2 Å². The number of amides is 1. The summed E-state index contributed by atoms with van der Waals surface area (Å²) in [4.78, 5) is 13.7. The van der Waals surface area contributed by atoms with Crippen LogP contribution >= 0.6 is 0 Å². The Morgan fingerprint density at radius 2 is 2.00 bits per heavy atom. The van der Waals surface area contributed by atoms with Gasteiger partial charge in [0.15, 0.2) is 0 Å².